The molecule has 14 heavy (non-hydrogen) atoms. The molecule has 0 saturated heterocycles. The van der Waals surface area contributed by atoms with Gasteiger partial charge in [-0.2, -0.15) is 0 Å². The maximum Gasteiger partial charge on any atom is 0.304 e. The van der Waals surface area contributed by atoms with Crippen molar-refractivity contribution in [3.8, 4) is 0 Å². The van der Waals surface area contributed by atoms with E-state index >= 15 is 0 Å². The molecular formula is C10H21NO3. The quantitative estimate of drug-likeness (QED) is 0.489. The Hall–Kier alpha value is -0.610. The van der Waals surface area contributed by atoms with Crippen LogP contribution >= 0.6 is 0 Å². The van der Waals surface area contributed by atoms with Crippen molar-refractivity contribution >= 4 is 5.97 Å². The summed E-state index contributed by atoms with van der Waals surface area (Å²) in [6.07, 6.45) is 4.23. The van der Waals surface area contributed by atoms with Gasteiger partial charge in [0.1, 0.15) is 0 Å². The number of nitrogens with one attached hydrogen (secondary N) is 1. The maximum absolute atomic E-state index is 10.3. The van der Waals surface area contributed by atoms with Crippen molar-refractivity contribution in [3.63, 3.8) is 0 Å². The van der Waals surface area contributed by atoms with E-state index in [2.05, 4.69) is 5.32 Å². The summed E-state index contributed by atoms with van der Waals surface area (Å²) < 4.78 is 0. The highest BCUT2D eigenvalue weighted by Gasteiger charge is 2.05. The zero-order valence-electron chi connectivity index (χ0n) is 8.83. The molecule has 1 atom stereocenters. The number of carboxylic acids is 1. The second-order valence-electron chi connectivity index (χ2n) is 3.59. The molecule has 0 spiro atoms. The first-order valence-electron chi connectivity index (χ1n) is 5.23. The largest absolute Gasteiger partial charge is 0.481 e. The molecule has 4 nitrogen and oxygen atoms in total. The fourth-order valence-corrected chi connectivity index (χ4v) is 1.27. The molecule has 0 rings (SSSR count). The highest BCUT2D eigenvalue weighted by Crippen LogP contribution is 1.98. The van der Waals surface area contributed by atoms with Crippen LogP contribution in [0, 0.1) is 0 Å². The van der Waals surface area contributed by atoms with E-state index in [0.29, 0.717) is 0 Å². The predicted molar refractivity (Wildman–Crippen MR) is 55.3 cm³/mol. The molecule has 0 fully saturated rings. The van der Waals surface area contributed by atoms with Gasteiger partial charge in [-0.1, -0.05) is 12.8 Å². The normalized spacial score (nSPS) is 12.7. The van der Waals surface area contributed by atoms with Crippen LogP contribution < -0.4 is 5.32 Å². The zero-order valence-corrected chi connectivity index (χ0v) is 8.83. The molecular weight excluding hydrogens is 182 g/mol. The van der Waals surface area contributed by atoms with Crippen molar-refractivity contribution < 1.29 is 15.0 Å². The Morgan fingerprint density at radius 1 is 1.29 bits per heavy atom. The molecule has 0 aromatic rings. The first-order valence-corrected chi connectivity index (χ1v) is 5.23. The Labute approximate surface area is 85.3 Å². The van der Waals surface area contributed by atoms with Crippen molar-refractivity contribution in [2.45, 2.75) is 45.1 Å². The number of rotatable bonds is 9. The minimum absolute atomic E-state index is 0.0466. The van der Waals surface area contributed by atoms with Gasteiger partial charge in [-0.15, -0.1) is 0 Å². The highest BCUT2D eigenvalue weighted by atomic mass is 16.4. The van der Waals surface area contributed by atoms with Crippen molar-refractivity contribution in [1.29, 1.82) is 0 Å². The van der Waals surface area contributed by atoms with Gasteiger partial charge in [0.05, 0.1) is 6.42 Å². The molecule has 0 aliphatic heterocycles. The van der Waals surface area contributed by atoms with Crippen LogP contribution in [0.2, 0.25) is 0 Å². The van der Waals surface area contributed by atoms with E-state index < -0.39 is 5.97 Å². The molecule has 0 aromatic carbocycles. The second-order valence-corrected chi connectivity index (χ2v) is 3.59. The van der Waals surface area contributed by atoms with E-state index in [-0.39, 0.29) is 19.1 Å². The average molecular weight is 203 g/mol. The van der Waals surface area contributed by atoms with E-state index in [1.54, 1.807) is 0 Å². The standard InChI is InChI=1S/C10H21NO3/c1-9(8-10(13)14)11-6-4-2-3-5-7-12/h9,11-12H,2-8H2,1H3,(H,13,14). The smallest absolute Gasteiger partial charge is 0.304 e. The van der Waals surface area contributed by atoms with Crippen molar-refractivity contribution in [2.75, 3.05) is 13.2 Å². The predicted octanol–water partition coefficient (Wildman–Crippen LogP) is 0.992. The van der Waals surface area contributed by atoms with Crippen LogP contribution in [0.5, 0.6) is 0 Å². The molecule has 0 heterocycles. The number of aliphatic hydroxyl groups is 1. The van der Waals surface area contributed by atoms with E-state index in [1.165, 1.54) is 0 Å². The lowest BCUT2D eigenvalue weighted by Crippen LogP contribution is -2.29. The van der Waals surface area contributed by atoms with E-state index in [0.717, 1.165) is 32.2 Å². The number of hydrogen-bond donors (Lipinski definition) is 3. The summed E-state index contributed by atoms with van der Waals surface area (Å²) in [5.41, 5.74) is 0. The molecule has 0 aliphatic carbocycles. The number of unbranched alkanes of at least 4 members (excludes halogenated alkanes) is 3. The van der Waals surface area contributed by atoms with Crippen LogP contribution in [-0.2, 0) is 4.79 Å². The summed E-state index contributed by atoms with van der Waals surface area (Å²) in [4.78, 5) is 10.3. The topological polar surface area (TPSA) is 69.6 Å². The summed E-state index contributed by atoms with van der Waals surface area (Å²) in [6.45, 7) is 3.00. The van der Waals surface area contributed by atoms with Gasteiger partial charge in [-0.05, 0) is 26.3 Å². The molecule has 1 unspecified atom stereocenters. The van der Waals surface area contributed by atoms with E-state index in [9.17, 15) is 4.79 Å². The van der Waals surface area contributed by atoms with Crippen molar-refractivity contribution in [1.82, 2.24) is 5.32 Å². The summed E-state index contributed by atoms with van der Waals surface area (Å²) in [5.74, 6) is -0.759. The van der Waals surface area contributed by atoms with Crippen molar-refractivity contribution in [3.05, 3.63) is 0 Å². The van der Waals surface area contributed by atoms with E-state index in [4.69, 9.17) is 10.2 Å². The zero-order chi connectivity index (χ0) is 10.8. The molecule has 0 saturated carbocycles. The lowest BCUT2D eigenvalue weighted by Gasteiger charge is -2.10. The summed E-state index contributed by atoms with van der Waals surface area (Å²) in [6, 6.07) is 0.0466. The fraction of sp³-hybridized carbons (Fsp3) is 0.900. The van der Waals surface area contributed by atoms with Crippen LogP contribution in [0.1, 0.15) is 39.0 Å². The molecule has 0 amide bonds. The first-order chi connectivity index (χ1) is 6.66. The van der Waals surface area contributed by atoms with Gasteiger partial charge < -0.3 is 15.5 Å². The third-order valence-electron chi connectivity index (χ3n) is 2.06. The van der Waals surface area contributed by atoms with Gasteiger partial charge in [0.25, 0.3) is 0 Å². The summed E-state index contributed by atoms with van der Waals surface area (Å²) in [5, 5.41) is 20.2. The Morgan fingerprint density at radius 2 is 1.93 bits per heavy atom. The van der Waals surface area contributed by atoms with Gasteiger partial charge in [-0.25, -0.2) is 0 Å². The molecule has 4 heteroatoms. The van der Waals surface area contributed by atoms with Gasteiger partial charge >= 0.3 is 5.97 Å². The van der Waals surface area contributed by atoms with Crippen LogP contribution in [0.15, 0.2) is 0 Å². The van der Waals surface area contributed by atoms with Crippen LogP contribution in [0.3, 0.4) is 0 Å². The summed E-state index contributed by atoms with van der Waals surface area (Å²) >= 11 is 0. The van der Waals surface area contributed by atoms with Gasteiger partial charge in [-0.3, -0.25) is 4.79 Å². The minimum atomic E-state index is -0.759. The fourth-order valence-electron chi connectivity index (χ4n) is 1.27. The third kappa shape index (κ3) is 9.48. The molecule has 0 bridgehead atoms. The molecule has 0 aromatic heterocycles. The molecule has 3 N–H and O–H groups in total. The molecule has 0 radical (unpaired) electrons. The Bertz CT molecular complexity index is 150. The number of aliphatic hydroxyl groups excluding tert-OH is 1. The Morgan fingerprint density at radius 3 is 2.50 bits per heavy atom. The van der Waals surface area contributed by atoms with Crippen LogP contribution in [0.4, 0.5) is 0 Å². The average Bonchev–Trinajstić information content (AvgIpc) is 2.10. The Kier molecular flexibility index (Phi) is 8.57. The monoisotopic (exact) mass is 203 g/mol. The molecule has 84 valence electrons. The first kappa shape index (κ1) is 13.4. The van der Waals surface area contributed by atoms with Gasteiger partial charge in [0, 0.05) is 12.6 Å². The SMILES string of the molecule is CC(CC(=O)O)NCCCCCCO. The highest BCUT2D eigenvalue weighted by molar-refractivity contribution is 5.67. The number of hydrogen-bond acceptors (Lipinski definition) is 3. The maximum atomic E-state index is 10.3. The molecule has 0 aliphatic rings. The van der Waals surface area contributed by atoms with Crippen molar-refractivity contribution in [2.24, 2.45) is 0 Å². The van der Waals surface area contributed by atoms with Gasteiger partial charge in [0.2, 0.25) is 0 Å². The third-order valence-corrected chi connectivity index (χ3v) is 2.06. The Balaban J connectivity index is 3.14. The van der Waals surface area contributed by atoms with Crippen LogP contribution in [0.25, 0.3) is 0 Å². The summed E-state index contributed by atoms with van der Waals surface area (Å²) in [7, 11) is 0. The van der Waals surface area contributed by atoms with E-state index in [1.807, 2.05) is 6.92 Å². The lowest BCUT2D eigenvalue weighted by molar-refractivity contribution is -0.137. The number of carbonyl (C=O) groups is 1. The van der Waals surface area contributed by atoms with Gasteiger partial charge in [0.15, 0.2) is 0 Å². The number of carboxylic acid groups (broad SMARTS) is 1. The number of aliphatic carboxylic acids is 1. The minimum Gasteiger partial charge on any atom is -0.481 e. The van der Waals surface area contributed by atoms with Crippen LogP contribution in [-0.4, -0.2) is 35.4 Å². The second kappa shape index (κ2) is 8.97. The lowest BCUT2D eigenvalue weighted by atomic mass is 10.2.